The maximum atomic E-state index is 11.7. The van der Waals surface area contributed by atoms with E-state index >= 15 is 0 Å². The first kappa shape index (κ1) is 15.3. The smallest absolute Gasteiger partial charge is 0.254 e. The zero-order valence-corrected chi connectivity index (χ0v) is 12.5. The SMILES string of the molecule is CCCNC(=O)c1cnc(NCc2ccc(Cl)cc2)nc1. The molecular formula is C15H17ClN4O. The molecule has 0 atom stereocenters. The molecule has 0 saturated carbocycles. The first-order valence-electron chi connectivity index (χ1n) is 6.77. The van der Waals surface area contributed by atoms with Gasteiger partial charge in [-0.25, -0.2) is 9.97 Å². The Kier molecular flexibility index (Phi) is 5.51. The second kappa shape index (κ2) is 7.59. The summed E-state index contributed by atoms with van der Waals surface area (Å²) >= 11 is 5.83. The Balaban J connectivity index is 1.90. The van der Waals surface area contributed by atoms with Gasteiger partial charge in [0.15, 0.2) is 0 Å². The van der Waals surface area contributed by atoms with Crippen LogP contribution in [0.1, 0.15) is 29.3 Å². The molecule has 0 radical (unpaired) electrons. The van der Waals surface area contributed by atoms with Crippen LogP contribution in [0.4, 0.5) is 5.95 Å². The predicted molar refractivity (Wildman–Crippen MR) is 83.4 cm³/mol. The molecule has 0 fully saturated rings. The number of nitrogens with one attached hydrogen (secondary N) is 2. The van der Waals surface area contributed by atoms with E-state index in [0.29, 0.717) is 29.6 Å². The van der Waals surface area contributed by atoms with Gasteiger partial charge in [-0.2, -0.15) is 0 Å². The molecule has 0 spiro atoms. The van der Waals surface area contributed by atoms with E-state index in [1.165, 1.54) is 12.4 Å². The predicted octanol–water partition coefficient (Wildman–Crippen LogP) is 2.88. The number of aromatic nitrogens is 2. The number of anilines is 1. The van der Waals surface area contributed by atoms with E-state index in [1.807, 2.05) is 31.2 Å². The van der Waals surface area contributed by atoms with Crippen molar-refractivity contribution in [1.29, 1.82) is 0 Å². The molecule has 2 aromatic rings. The molecule has 0 unspecified atom stereocenters. The Hall–Kier alpha value is -2.14. The summed E-state index contributed by atoms with van der Waals surface area (Å²) in [5, 5.41) is 6.58. The maximum Gasteiger partial charge on any atom is 0.254 e. The Morgan fingerprint density at radius 3 is 2.48 bits per heavy atom. The molecule has 5 nitrogen and oxygen atoms in total. The largest absolute Gasteiger partial charge is 0.352 e. The molecule has 0 saturated heterocycles. The second-order valence-corrected chi connectivity index (χ2v) is 4.97. The number of benzene rings is 1. The van der Waals surface area contributed by atoms with Crippen molar-refractivity contribution in [3.05, 3.63) is 52.8 Å². The lowest BCUT2D eigenvalue weighted by molar-refractivity contribution is 0.0953. The summed E-state index contributed by atoms with van der Waals surface area (Å²) < 4.78 is 0. The van der Waals surface area contributed by atoms with Crippen LogP contribution in [-0.2, 0) is 6.54 Å². The van der Waals surface area contributed by atoms with Crippen LogP contribution in [0, 0.1) is 0 Å². The van der Waals surface area contributed by atoms with Crippen LogP contribution in [0.2, 0.25) is 5.02 Å². The van der Waals surface area contributed by atoms with Gasteiger partial charge in [-0.3, -0.25) is 4.79 Å². The monoisotopic (exact) mass is 304 g/mol. The lowest BCUT2D eigenvalue weighted by Crippen LogP contribution is -2.24. The molecule has 1 aromatic heterocycles. The fraction of sp³-hybridized carbons (Fsp3) is 0.267. The number of hydrogen-bond acceptors (Lipinski definition) is 4. The average Bonchev–Trinajstić information content (AvgIpc) is 2.52. The van der Waals surface area contributed by atoms with Crippen molar-refractivity contribution in [2.24, 2.45) is 0 Å². The summed E-state index contributed by atoms with van der Waals surface area (Å²) in [7, 11) is 0. The Morgan fingerprint density at radius 1 is 1.19 bits per heavy atom. The Morgan fingerprint density at radius 2 is 1.86 bits per heavy atom. The summed E-state index contributed by atoms with van der Waals surface area (Å²) in [6.45, 7) is 3.24. The minimum atomic E-state index is -0.152. The van der Waals surface area contributed by atoms with Crippen LogP contribution in [0.5, 0.6) is 0 Å². The van der Waals surface area contributed by atoms with E-state index in [0.717, 1.165) is 12.0 Å². The van der Waals surface area contributed by atoms with Crippen molar-refractivity contribution in [2.75, 3.05) is 11.9 Å². The van der Waals surface area contributed by atoms with E-state index in [9.17, 15) is 4.79 Å². The number of carbonyl (C=O) groups excluding carboxylic acids is 1. The quantitative estimate of drug-likeness (QED) is 0.861. The van der Waals surface area contributed by atoms with Crippen LogP contribution in [0.25, 0.3) is 0 Å². The van der Waals surface area contributed by atoms with Crippen LogP contribution >= 0.6 is 11.6 Å². The topological polar surface area (TPSA) is 66.9 Å². The molecule has 2 rings (SSSR count). The first-order valence-corrected chi connectivity index (χ1v) is 7.15. The van der Waals surface area contributed by atoms with Crippen LogP contribution in [0.3, 0.4) is 0 Å². The highest BCUT2D eigenvalue weighted by atomic mass is 35.5. The molecule has 1 amide bonds. The van der Waals surface area contributed by atoms with Gasteiger partial charge in [-0.1, -0.05) is 30.7 Å². The van der Waals surface area contributed by atoms with Crippen LogP contribution in [0.15, 0.2) is 36.7 Å². The number of hydrogen-bond donors (Lipinski definition) is 2. The standard InChI is InChI=1S/C15H17ClN4O/c1-2-7-17-14(21)12-9-19-15(20-10-12)18-8-11-3-5-13(16)6-4-11/h3-6,9-10H,2,7-8H2,1H3,(H,17,21)(H,18,19,20). The third-order valence-electron chi connectivity index (χ3n) is 2.81. The number of halogens is 1. The van der Waals surface area contributed by atoms with E-state index < -0.39 is 0 Å². The molecule has 1 aromatic carbocycles. The third-order valence-corrected chi connectivity index (χ3v) is 3.07. The molecule has 0 bridgehead atoms. The molecular weight excluding hydrogens is 288 g/mol. The van der Waals surface area contributed by atoms with E-state index in [1.54, 1.807) is 0 Å². The van der Waals surface area contributed by atoms with Crippen LogP contribution in [-0.4, -0.2) is 22.4 Å². The fourth-order valence-corrected chi connectivity index (χ4v) is 1.79. The maximum absolute atomic E-state index is 11.7. The molecule has 6 heteroatoms. The molecule has 21 heavy (non-hydrogen) atoms. The Labute approximate surface area is 128 Å². The van der Waals surface area contributed by atoms with Gasteiger partial charge in [0, 0.05) is 30.5 Å². The van der Waals surface area contributed by atoms with Gasteiger partial charge in [0.2, 0.25) is 5.95 Å². The summed E-state index contributed by atoms with van der Waals surface area (Å²) in [5.74, 6) is 0.332. The minimum absolute atomic E-state index is 0.152. The first-order chi connectivity index (χ1) is 10.2. The zero-order valence-electron chi connectivity index (χ0n) is 11.8. The molecule has 1 heterocycles. The van der Waals surface area contributed by atoms with Crippen molar-refractivity contribution in [3.8, 4) is 0 Å². The van der Waals surface area contributed by atoms with Gasteiger partial charge in [0.05, 0.1) is 5.56 Å². The minimum Gasteiger partial charge on any atom is -0.352 e. The van der Waals surface area contributed by atoms with Gasteiger partial charge in [0.1, 0.15) is 0 Å². The highest BCUT2D eigenvalue weighted by Gasteiger charge is 2.05. The van der Waals surface area contributed by atoms with Gasteiger partial charge in [0.25, 0.3) is 5.91 Å². The molecule has 2 N–H and O–H groups in total. The fourth-order valence-electron chi connectivity index (χ4n) is 1.66. The van der Waals surface area contributed by atoms with E-state index in [4.69, 9.17) is 11.6 Å². The normalized spacial score (nSPS) is 10.2. The highest BCUT2D eigenvalue weighted by molar-refractivity contribution is 6.30. The molecule has 0 aliphatic rings. The summed E-state index contributed by atoms with van der Waals surface area (Å²) in [6, 6.07) is 7.53. The molecule has 110 valence electrons. The highest BCUT2D eigenvalue weighted by Crippen LogP contribution is 2.10. The van der Waals surface area contributed by atoms with Crippen LogP contribution < -0.4 is 10.6 Å². The van der Waals surface area contributed by atoms with Gasteiger partial charge in [-0.15, -0.1) is 0 Å². The van der Waals surface area contributed by atoms with E-state index in [-0.39, 0.29) is 5.91 Å². The zero-order chi connectivity index (χ0) is 15.1. The molecule has 0 aliphatic carbocycles. The van der Waals surface area contributed by atoms with Gasteiger partial charge >= 0.3 is 0 Å². The number of amides is 1. The van der Waals surface area contributed by atoms with Crippen molar-refractivity contribution in [2.45, 2.75) is 19.9 Å². The van der Waals surface area contributed by atoms with Crippen molar-refractivity contribution in [3.63, 3.8) is 0 Å². The second-order valence-electron chi connectivity index (χ2n) is 4.53. The number of carbonyl (C=O) groups is 1. The number of rotatable bonds is 6. The summed E-state index contributed by atoms with van der Waals surface area (Å²) in [5.41, 5.74) is 1.54. The number of nitrogens with zero attached hydrogens (tertiary/aromatic N) is 2. The van der Waals surface area contributed by atoms with Gasteiger partial charge in [-0.05, 0) is 24.1 Å². The summed E-state index contributed by atoms with van der Waals surface area (Å²) in [6.07, 6.45) is 3.93. The average molecular weight is 305 g/mol. The van der Waals surface area contributed by atoms with Crippen molar-refractivity contribution in [1.82, 2.24) is 15.3 Å². The van der Waals surface area contributed by atoms with Crippen molar-refractivity contribution < 1.29 is 4.79 Å². The lowest BCUT2D eigenvalue weighted by atomic mass is 10.2. The van der Waals surface area contributed by atoms with E-state index in [2.05, 4.69) is 20.6 Å². The summed E-state index contributed by atoms with van der Waals surface area (Å²) in [4.78, 5) is 20.0. The van der Waals surface area contributed by atoms with Crippen molar-refractivity contribution >= 4 is 23.5 Å². The Bertz CT molecular complexity index is 584. The lowest BCUT2D eigenvalue weighted by Gasteiger charge is -2.06. The van der Waals surface area contributed by atoms with Gasteiger partial charge < -0.3 is 10.6 Å². The third kappa shape index (κ3) is 4.72. The molecule has 0 aliphatic heterocycles.